The molecular formula is C25H27ClN6O5. The topological polar surface area (TPSA) is 139 Å². The van der Waals surface area contributed by atoms with Gasteiger partial charge < -0.3 is 25.4 Å². The van der Waals surface area contributed by atoms with E-state index in [2.05, 4.69) is 20.5 Å². The summed E-state index contributed by atoms with van der Waals surface area (Å²) in [5, 5.41) is 16.2. The average Bonchev–Trinajstić information content (AvgIpc) is 3.28. The molecule has 11 nitrogen and oxygen atoms in total. The summed E-state index contributed by atoms with van der Waals surface area (Å²) in [6.07, 6.45) is -0.439. The molecule has 2 fully saturated rings. The van der Waals surface area contributed by atoms with E-state index in [0.29, 0.717) is 35.6 Å². The summed E-state index contributed by atoms with van der Waals surface area (Å²) in [5.74, 6) is -0.0976. The second-order valence-corrected chi connectivity index (χ2v) is 10.0. The van der Waals surface area contributed by atoms with E-state index in [9.17, 15) is 19.5 Å². The number of carbonyl (C=O) groups excluding carboxylic acids is 1. The molecule has 0 bridgehead atoms. The number of hydrogen-bond acceptors (Lipinski definition) is 8. The Bertz CT molecular complexity index is 1480. The minimum atomic E-state index is -1.20. The molecule has 37 heavy (non-hydrogen) atoms. The lowest BCUT2D eigenvalue weighted by Crippen LogP contribution is -2.37. The molecular weight excluding hydrogens is 500 g/mol. The first-order chi connectivity index (χ1) is 17.6. The Balaban J connectivity index is 1.49. The number of nitrogens with one attached hydrogen (secondary N) is 2. The number of hydrogen-bond donors (Lipinski definition) is 3. The molecule has 1 amide bonds. The fourth-order valence-corrected chi connectivity index (χ4v) is 5.43. The number of rotatable bonds is 6. The Morgan fingerprint density at radius 3 is 2.57 bits per heavy atom. The third-order valence-corrected chi connectivity index (χ3v) is 7.39. The molecule has 0 radical (unpaired) electrons. The lowest BCUT2D eigenvalue weighted by molar-refractivity contribution is 0.0691. The molecule has 1 aliphatic heterocycles. The van der Waals surface area contributed by atoms with Gasteiger partial charge in [-0.3, -0.25) is 9.36 Å². The van der Waals surface area contributed by atoms with Crippen molar-refractivity contribution in [1.82, 2.24) is 19.9 Å². The number of aromatic nitrogens is 3. The second kappa shape index (κ2) is 9.22. The lowest BCUT2D eigenvalue weighted by atomic mass is 10.0. The summed E-state index contributed by atoms with van der Waals surface area (Å²) in [7, 11) is 3.05. The predicted octanol–water partition coefficient (Wildman–Crippen LogP) is 2.95. The molecule has 0 spiro atoms. The highest BCUT2D eigenvalue weighted by molar-refractivity contribution is 6.29. The zero-order chi connectivity index (χ0) is 26.6. The maximum absolute atomic E-state index is 13.4. The minimum absolute atomic E-state index is 0.0695. The molecule has 3 heterocycles. The van der Waals surface area contributed by atoms with Gasteiger partial charge in [0, 0.05) is 43.6 Å². The van der Waals surface area contributed by atoms with Gasteiger partial charge in [-0.25, -0.2) is 19.6 Å². The smallest absolute Gasteiger partial charge is 0.407 e. The second-order valence-electron chi connectivity index (χ2n) is 9.62. The van der Waals surface area contributed by atoms with Crippen LogP contribution in [0.25, 0.3) is 10.9 Å². The Labute approximate surface area is 217 Å². The highest BCUT2D eigenvalue weighted by atomic mass is 35.5. The first kappa shape index (κ1) is 24.8. The zero-order valence-corrected chi connectivity index (χ0v) is 21.5. The van der Waals surface area contributed by atoms with Crippen LogP contribution in [0.4, 0.5) is 16.4 Å². The number of methoxy groups -OCH3 is 1. The molecule has 2 aliphatic rings. The van der Waals surface area contributed by atoms with Crippen LogP contribution in [0.2, 0.25) is 5.15 Å². The van der Waals surface area contributed by atoms with E-state index in [-0.39, 0.29) is 34.3 Å². The summed E-state index contributed by atoms with van der Waals surface area (Å²) in [6.45, 7) is 5.11. The molecule has 3 unspecified atom stereocenters. The van der Waals surface area contributed by atoms with Gasteiger partial charge in [-0.2, -0.15) is 0 Å². The monoisotopic (exact) mass is 526 g/mol. The van der Waals surface area contributed by atoms with Crippen molar-refractivity contribution in [1.29, 1.82) is 0 Å². The van der Waals surface area contributed by atoms with Gasteiger partial charge in [0.1, 0.15) is 5.15 Å². The van der Waals surface area contributed by atoms with Crippen LogP contribution in [-0.2, 0) is 11.8 Å². The number of halogens is 1. The number of carboxylic acid groups (broad SMARTS) is 1. The van der Waals surface area contributed by atoms with Gasteiger partial charge in [-0.05, 0) is 37.6 Å². The SMILES string of the molecule is COC(=O)NC1C2CN(c3nc4c(C(C)Nc5ccc(Cl)nc5C(=O)O)cc(C)cc4c(=O)n3C)CC21. The van der Waals surface area contributed by atoms with Crippen molar-refractivity contribution in [2.45, 2.75) is 25.9 Å². The van der Waals surface area contributed by atoms with Gasteiger partial charge in [0.2, 0.25) is 5.95 Å². The molecule has 1 aliphatic carbocycles. The molecule has 3 aromatic rings. The van der Waals surface area contributed by atoms with Crippen LogP contribution >= 0.6 is 11.6 Å². The van der Waals surface area contributed by atoms with Gasteiger partial charge in [-0.15, -0.1) is 0 Å². The van der Waals surface area contributed by atoms with Crippen molar-refractivity contribution in [2.24, 2.45) is 18.9 Å². The maximum Gasteiger partial charge on any atom is 0.407 e. The van der Waals surface area contributed by atoms with Crippen LogP contribution in [-0.4, -0.2) is 57.9 Å². The highest BCUT2D eigenvalue weighted by Crippen LogP contribution is 2.46. The Morgan fingerprint density at radius 2 is 1.92 bits per heavy atom. The largest absolute Gasteiger partial charge is 0.476 e. The molecule has 3 N–H and O–H groups in total. The van der Waals surface area contributed by atoms with Gasteiger partial charge in [0.15, 0.2) is 5.69 Å². The summed E-state index contributed by atoms with van der Waals surface area (Å²) < 4.78 is 6.26. The van der Waals surface area contributed by atoms with Crippen LogP contribution in [0.3, 0.4) is 0 Å². The summed E-state index contributed by atoms with van der Waals surface area (Å²) in [5.41, 5.74) is 2.15. The Hall–Kier alpha value is -3.86. The molecule has 1 saturated heterocycles. The van der Waals surface area contributed by atoms with Crippen molar-refractivity contribution in [3.63, 3.8) is 0 Å². The quantitative estimate of drug-likeness (QED) is 0.414. The molecule has 1 saturated carbocycles. The van der Waals surface area contributed by atoms with Crippen LogP contribution in [0.15, 0.2) is 29.1 Å². The first-order valence-corrected chi connectivity index (χ1v) is 12.2. The number of fused-ring (bicyclic) bond motifs is 2. The predicted molar refractivity (Wildman–Crippen MR) is 138 cm³/mol. The van der Waals surface area contributed by atoms with Crippen molar-refractivity contribution in [3.8, 4) is 0 Å². The van der Waals surface area contributed by atoms with Gasteiger partial charge in [0.05, 0.1) is 29.7 Å². The fourth-order valence-electron chi connectivity index (χ4n) is 5.28. The average molecular weight is 527 g/mol. The number of alkyl carbamates (subject to hydrolysis) is 1. The van der Waals surface area contributed by atoms with Crippen molar-refractivity contribution in [2.75, 3.05) is 30.4 Å². The number of amides is 1. The Kier molecular flexibility index (Phi) is 6.18. The van der Waals surface area contributed by atoms with Crippen molar-refractivity contribution >= 4 is 46.2 Å². The lowest BCUT2D eigenvalue weighted by Gasteiger charge is -2.25. The molecule has 194 valence electrons. The third kappa shape index (κ3) is 4.43. The van der Waals surface area contributed by atoms with E-state index in [0.717, 1.165) is 11.1 Å². The normalized spacial score (nSPS) is 20.9. The van der Waals surface area contributed by atoms with Gasteiger partial charge >= 0.3 is 12.1 Å². The van der Waals surface area contributed by atoms with Crippen molar-refractivity contribution in [3.05, 3.63) is 56.6 Å². The standard InChI is InChI=1S/C25H27ClN6O5/c1-11-7-13(12(2)27-17-5-6-18(26)28-21(17)23(34)35)19-14(8-11)22(33)31(3)24(29-19)32-9-15-16(10-32)20(15)30-25(36)37-4/h5-8,12,15-16,20,27H,9-10H2,1-4H3,(H,30,36)(H,34,35). The zero-order valence-electron chi connectivity index (χ0n) is 20.8. The van der Waals surface area contributed by atoms with Gasteiger partial charge in [0.25, 0.3) is 5.56 Å². The number of pyridine rings is 1. The van der Waals surface area contributed by atoms with E-state index >= 15 is 0 Å². The summed E-state index contributed by atoms with van der Waals surface area (Å²) in [6, 6.07) is 6.52. The minimum Gasteiger partial charge on any atom is -0.476 e. The van der Waals surface area contributed by atoms with Crippen LogP contribution < -0.4 is 21.1 Å². The fraction of sp³-hybridized carbons (Fsp3) is 0.400. The molecule has 5 rings (SSSR count). The number of nitrogens with zero attached hydrogens (tertiary/aromatic N) is 4. The van der Waals surface area contributed by atoms with Crippen LogP contribution in [0, 0.1) is 18.8 Å². The number of aromatic carboxylic acids is 1. The number of carbonyl (C=O) groups is 2. The van der Waals surface area contributed by atoms with Crippen LogP contribution in [0.5, 0.6) is 0 Å². The van der Waals surface area contributed by atoms with Crippen molar-refractivity contribution < 1.29 is 19.4 Å². The number of benzene rings is 1. The van der Waals surface area contributed by atoms with Crippen LogP contribution in [0.1, 0.15) is 34.6 Å². The molecule has 12 heteroatoms. The number of anilines is 2. The first-order valence-electron chi connectivity index (χ1n) is 11.9. The van der Waals surface area contributed by atoms with E-state index in [1.165, 1.54) is 13.2 Å². The number of aryl methyl sites for hydroxylation is 1. The molecule has 1 aromatic carbocycles. The summed E-state index contributed by atoms with van der Waals surface area (Å²) >= 11 is 5.90. The Morgan fingerprint density at radius 1 is 1.22 bits per heavy atom. The third-order valence-electron chi connectivity index (χ3n) is 7.18. The molecule has 3 atom stereocenters. The van der Waals surface area contributed by atoms with E-state index in [4.69, 9.17) is 21.3 Å². The van der Waals surface area contributed by atoms with E-state index in [1.807, 2.05) is 26.0 Å². The van der Waals surface area contributed by atoms with E-state index in [1.54, 1.807) is 17.7 Å². The maximum atomic E-state index is 13.4. The summed E-state index contributed by atoms with van der Waals surface area (Å²) in [4.78, 5) is 47.6. The number of piperidine rings is 1. The highest BCUT2D eigenvalue weighted by Gasteiger charge is 2.57. The number of ether oxygens (including phenoxy) is 1. The number of carboxylic acids is 1. The molecule has 2 aromatic heterocycles. The van der Waals surface area contributed by atoms with Gasteiger partial charge in [-0.1, -0.05) is 17.7 Å². The van der Waals surface area contributed by atoms with E-state index < -0.39 is 18.1 Å².